The summed E-state index contributed by atoms with van der Waals surface area (Å²) in [5.41, 5.74) is 1.69. The number of benzene rings is 1. The van der Waals surface area contributed by atoms with Crippen molar-refractivity contribution in [3.05, 3.63) is 29.3 Å². The molecule has 17 heavy (non-hydrogen) atoms. The fourth-order valence-corrected chi connectivity index (χ4v) is 1.47. The van der Waals surface area contributed by atoms with E-state index in [0.717, 1.165) is 17.4 Å². The second-order valence-electron chi connectivity index (χ2n) is 4.03. The highest BCUT2D eigenvalue weighted by Gasteiger charge is 2.05. The maximum absolute atomic E-state index is 10.9. The summed E-state index contributed by atoms with van der Waals surface area (Å²) in [5, 5.41) is 0. The molecular weight excluding hydrogens is 216 g/mol. The summed E-state index contributed by atoms with van der Waals surface area (Å²) >= 11 is 0. The molecule has 0 saturated carbocycles. The van der Waals surface area contributed by atoms with Crippen LogP contribution in [-0.4, -0.2) is 20.5 Å². The second kappa shape index (κ2) is 6.09. The monoisotopic (exact) mass is 234 g/mol. The van der Waals surface area contributed by atoms with Gasteiger partial charge in [0.05, 0.1) is 14.2 Å². The van der Waals surface area contributed by atoms with E-state index in [2.05, 4.69) is 0 Å². The minimum Gasteiger partial charge on any atom is -0.493 e. The second-order valence-corrected chi connectivity index (χ2v) is 4.03. The number of allylic oxidation sites excluding steroid dienone is 1. The number of carbonyl (C=O) groups is 1. The van der Waals surface area contributed by atoms with E-state index in [1.807, 2.05) is 38.1 Å². The number of ether oxygens (including phenoxy) is 2. The molecule has 1 rings (SSSR count). The van der Waals surface area contributed by atoms with E-state index in [0.29, 0.717) is 11.5 Å². The van der Waals surface area contributed by atoms with Gasteiger partial charge in [-0.2, -0.15) is 0 Å². The molecule has 0 bridgehead atoms. The predicted molar refractivity (Wildman–Crippen MR) is 68.4 cm³/mol. The number of carbonyl (C=O) groups excluding carboxylic acids is 1. The molecule has 0 atom stereocenters. The number of rotatable bonds is 5. The van der Waals surface area contributed by atoms with Crippen molar-refractivity contribution in [3.8, 4) is 11.5 Å². The summed E-state index contributed by atoms with van der Waals surface area (Å²) in [6.07, 6.45) is 2.75. The van der Waals surface area contributed by atoms with Gasteiger partial charge in [0.15, 0.2) is 11.5 Å². The molecule has 0 saturated heterocycles. The van der Waals surface area contributed by atoms with Crippen molar-refractivity contribution in [3.63, 3.8) is 0 Å². The zero-order valence-corrected chi connectivity index (χ0v) is 10.7. The lowest BCUT2D eigenvalue weighted by atomic mass is 10.0. The van der Waals surface area contributed by atoms with Gasteiger partial charge in [0.1, 0.15) is 6.29 Å². The van der Waals surface area contributed by atoms with Crippen LogP contribution in [0.3, 0.4) is 0 Å². The summed E-state index contributed by atoms with van der Waals surface area (Å²) in [6, 6.07) is 5.57. The van der Waals surface area contributed by atoms with E-state index in [-0.39, 0.29) is 5.92 Å². The van der Waals surface area contributed by atoms with Gasteiger partial charge in [-0.1, -0.05) is 19.9 Å². The topological polar surface area (TPSA) is 35.5 Å². The Kier molecular flexibility index (Phi) is 4.76. The molecule has 0 amide bonds. The molecule has 0 aliphatic rings. The van der Waals surface area contributed by atoms with Gasteiger partial charge in [-0.05, 0) is 35.3 Å². The molecule has 3 nitrogen and oxygen atoms in total. The van der Waals surface area contributed by atoms with Crippen LogP contribution in [0.5, 0.6) is 11.5 Å². The molecule has 1 aromatic carbocycles. The molecule has 3 heteroatoms. The third-order valence-electron chi connectivity index (χ3n) is 2.54. The highest BCUT2D eigenvalue weighted by Crippen LogP contribution is 2.28. The fourth-order valence-electron chi connectivity index (χ4n) is 1.47. The highest BCUT2D eigenvalue weighted by atomic mass is 16.5. The third-order valence-corrected chi connectivity index (χ3v) is 2.54. The zero-order chi connectivity index (χ0) is 12.8. The zero-order valence-electron chi connectivity index (χ0n) is 10.7. The predicted octanol–water partition coefficient (Wildman–Crippen LogP) is 2.94. The number of hydrogen-bond donors (Lipinski definition) is 0. The van der Waals surface area contributed by atoms with Crippen molar-refractivity contribution < 1.29 is 14.3 Å². The van der Waals surface area contributed by atoms with Crippen LogP contribution >= 0.6 is 0 Å². The Bertz CT molecular complexity index is 419. The van der Waals surface area contributed by atoms with Crippen LogP contribution in [0, 0.1) is 5.92 Å². The molecular formula is C14H18O3. The van der Waals surface area contributed by atoms with Crippen LogP contribution in [0.2, 0.25) is 0 Å². The minimum atomic E-state index is 0.209. The summed E-state index contributed by atoms with van der Waals surface area (Å²) in [4.78, 5) is 10.9. The van der Waals surface area contributed by atoms with Gasteiger partial charge < -0.3 is 9.47 Å². The van der Waals surface area contributed by atoms with Gasteiger partial charge in [-0.3, -0.25) is 4.79 Å². The summed E-state index contributed by atoms with van der Waals surface area (Å²) in [5.74, 6) is 1.55. The molecule has 0 spiro atoms. The quantitative estimate of drug-likeness (QED) is 0.580. The van der Waals surface area contributed by atoms with Gasteiger partial charge in [0.2, 0.25) is 0 Å². The number of aldehydes is 1. The smallest absolute Gasteiger partial charge is 0.161 e. The Balaban J connectivity index is 3.11. The maximum atomic E-state index is 10.9. The van der Waals surface area contributed by atoms with Gasteiger partial charge in [0, 0.05) is 0 Å². The molecule has 0 unspecified atom stereocenters. The van der Waals surface area contributed by atoms with Crippen molar-refractivity contribution >= 4 is 12.4 Å². The highest BCUT2D eigenvalue weighted by molar-refractivity contribution is 5.82. The largest absolute Gasteiger partial charge is 0.493 e. The van der Waals surface area contributed by atoms with Gasteiger partial charge in [-0.15, -0.1) is 0 Å². The number of hydrogen-bond acceptors (Lipinski definition) is 3. The minimum absolute atomic E-state index is 0.209. The lowest BCUT2D eigenvalue weighted by molar-refractivity contribution is -0.105. The van der Waals surface area contributed by atoms with Crippen LogP contribution in [0.4, 0.5) is 0 Å². The normalized spacial score (nSPS) is 11.5. The molecule has 0 fully saturated rings. The molecule has 0 radical (unpaired) electrons. The van der Waals surface area contributed by atoms with E-state index >= 15 is 0 Å². The van der Waals surface area contributed by atoms with Crippen molar-refractivity contribution in [2.24, 2.45) is 5.92 Å². The average Bonchev–Trinajstić information content (AvgIpc) is 2.35. The van der Waals surface area contributed by atoms with E-state index in [4.69, 9.17) is 9.47 Å². The summed E-state index contributed by atoms with van der Waals surface area (Å²) in [6.45, 7) is 3.97. The number of methoxy groups -OCH3 is 2. The molecule has 0 heterocycles. The van der Waals surface area contributed by atoms with Crippen LogP contribution in [-0.2, 0) is 4.79 Å². The third kappa shape index (κ3) is 3.34. The summed E-state index contributed by atoms with van der Waals surface area (Å²) in [7, 11) is 3.19. The first-order valence-corrected chi connectivity index (χ1v) is 5.51. The van der Waals surface area contributed by atoms with E-state index in [1.54, 1.807) is 14.2 Å². The van der Waals surface area contributed by atoms with Gasteiger partial charge in [0.25, 0.3) is 0 Å². The van der Waals surface area contributed by atoms with Crippen LogP contribution < -0.4 is 9.47 Å². The lowest BCUT2D eigenvalue weighted by Crippen LogP contribution is -1.95. The Hall–Kier alpha value is -1.77. The molecule has 92 valence electrons. The maximum Gasteiger partial charge on any atom is 0.161 e. The standard InChI is InChI=1S/C14H18O3/c1-10(2)12(9-15)7-11-5-6-13(16-3)14(8-11)17-4/h5-10H,1-4H3/b12-7+. The van der Waals surface area contributed by atoms with E-state index < -0.39 is 0 Å². The summed E-state index contributed by atoms with van der Waals surface area (Å²) < 4.78 is 10.4. The first-order valence-electron chi connectivity index (χ1n) is 5.51. The van der Waals surface area contributed by atoms with Crippen molar-refractivity contribution in [1.82, 2.24) is 0 Å². The van der Waals surface area contributed by atoms with Gasteiger partial charge >= 0.3 is 0 Å². The SMILES string of the molecule is COc1ccc(/C=C(\C=O)C(C)C)cc1OC. The van der Waals surface area contributed by atoms with E-state index in [9.17, 15) is 4.79 Å². The Labute approximate surface area is 102 Å². The molecule has 0 aromatic heterocycles. The van der Waals surface area contributed by atoms with Crippen molar-refractivity contribution in [1.29, 1.82) is 0 Å². The van der Waals surface area contributed by atoms with Crippen LogP contribution in [0.15, 0.2) is 23.8 Å². The van der Waals surface area contributed by atoms with Gasteiger partial charge in [-0.25, -0.2) is 0 Å². The molecule has 0 N–H and O–H groups in total. The molecule has 0 aliphatic heterocycles. The Morgan fingerprint density at radius 3 is 2.29 bits per heavy atom. The van der Waals surface area contributed by atoms with Crippen LogP contribution in [0.25, 0.3) is 6.08 Å². The first kappa shape index (κ1) is 13.3. The van der Waals surface area contributed by atoms with Crippen molar-refractivity contribution in [2.75, 3.05) is 14.2 Å². The average molecular weight is 234 g/mol. The molecule has 0 aliphatic carbocycles. The fraction of sp³-hybridized carbons (Fsp3) is 0.357. The van der Waals surface area contributed by atoms with E-state index in [1.165, 1.54) is 0 Å². The first-order chi connectivity index (χ1) is 8.12. The van der Waals surface area contributed by atoms with Crippen LogP contribution in [0.1, 0.15) is 19.4 Å². The lowest BCUT2D eigenvalue weighted by Gasteiger charge is -2.09. The van der Waals surface area contributed by atoms with Crippen molar-refractivity contribution in [2.45, 2.75) is 13.8 Å². The molecule has 1 aromatic rings. The Morgan fingerprint density at radius 1 is 1.18 bits per heavy atom. The Morgan fingerprint density at radius 2 is 1.82 bits per heavy atom.